The highest BCUT2D eigenvalue weighted by Crippen LogP contribution is 2.31. The van der Waals surface area contributed by atoms with Crippen LogP contribution < -0.4 is 0 Å². The normalized spacial score (nSPS) is 16.3. The number of aliphatic hydroxyl groups excluding tert-OH is 1. The zero-order chi connectivity index (χ0) is 19.7. The monoisotopic (exact) mass is 379 g/mol. The van der Waals surface area contributed by atoms with E-state index in [0.717, 1.165) is 0 Å². The number of likely N-dealkylation sites (tertiary alicyclic amines) is 1. The maximum absolute atomic E-state index is 13.6. The van der Waals surface area contributed by atoms with Crippen molar-refractivity contribution in [2.45, 2.75) is 25.9 Å². The number of aliphatic hydroxyl groups is 1. The summed E-state index contributed by atoms with van der Waals surface area (Å²) in [7, 11) is 0. The molecule has 28 heavy (non-hydrogen) atoms. The summed E-state index contributed by atoms with van der Waals surface area (Å²) in [6, 6.07) is 11.6. The lowest BCUT2D eigenvalue weighted by Crippen LogP contribution is -2.40. The summed E-state index contributed by atoms with van der Waals surface area (Å²) in [6.45, 7) is 2.94. The van der Waals surface area contributed by atoms with Crippen LogP contribution >= 0.6 is 0 Å². The summed E-state index contributed by atoms with van der Waals surface area (Å²) >= 11 is 0. The van der Waals surface area contributed by atoms with Gasteiger partial charge < -0.3 is 10.0 Å². The van der Waals surface area contributed by atoms with Gasteiger partial charge in [0.25, 0.3) is 5.91 Å². The maximum Gasteiger partial charge on any atom is 0.254 e. The van der Waals surface area contributed by atoms with Crippen LogP contribution in [0.15, 0.2) is 48.7 Å². The summed E-state index contributed by atoms with van der Waals surface area (Å²) in [5.74, 6) is -0.370. The van der Waals surface area contributed by atoms with E-state index in [9.17, 15) is 14.3 Å². The SMILES string of the molecule is Cc1cc(C(=O)N2CCC(C(O)c3ccccn3)CC2)c2ccc(F)cc2n1. The molecule has 1 atom stereocenters. The number of amides is 1. The topological polar surface area (TPSA) is 66.3 Å². The lowest BCUT2D eigenvalue weighted by Gasteiger charge is -2.34. The van der Waals surface area contributed by atoms with Crippen LogP contribution in [0.25, 0.3) is 10.9 Å². The first-order valence-electron chi connectivity index (χ1n) is 9.48. The van der Waals surface area contributed by atoms with Crippen LogP contribution in [0.3, 0.4) is 0 Å². The Labute approximate surface area is 162 Å². The van der Waals surface area contributed by atoms with Gasteiger partial charge >= 0.3 is 0 Å². The van der Waals surface area contributed by atoms with Gasteiger partial charge in [0.05, 0.1) is 22.9 Å². The standard InChI is InChI=1S/C22H22FN3O2/c1-14-12-18(17-6-5-16(23)13-20(17)25-14)22(28)26-10-7-15(8-11-26)21(27)19-4-2-3-9-24-19/h2-6,9,12-13,15,21,27H,7-8,10-11H2,1H3. The zero-order valence-electron chi connectivity index (χ0n) is 15.7. The number of pyridine rings is 2. The molecule has 1 unspecified atom stereocenters. The van der Waals surface area contributed by atoms with Crippen molar-refractivity contribution >= 4 is 16.8 Å². The van der Waals surface area contributed by atoms with Gasteiger partial charge in [-0.15, -0.1) is 0 Å². The molecule has 3 heterocycles. The minimum absolute atomic E-state index is 0.0731. The summed E-state index contributed by atoms with van der Waals surface area (Å²) in [4.78, 5) is 23.5. The molecular formula is C22H22FN3O2. The van der Waals surface area contributed by atoms with Gasteiger partial charge in [0.1, 0.15) is 5.82 Å². The van der Waals surface area contributed by atoms with Crippen LogP contribution in [0.1, 0.15) is 40.7 Å². The Kier molecular flexibility index (Phi) is 5.05. The Morgan fingerprint density at radius 2 is 2.00 bits per heavy atom. The minimum atomic E-state index is -0.620. The lowest BCUT2D eigenvalue weighted by molar-refractivity contribution is 0.0448. The Balaban J connectivity index is 1.51. The third-order valence-electron chi connectivity index (χ3n) is 5.39. The molecule has 1 fully saturated rings. The van der Waals surface area contributed by atoms with E-state index < -0.39 is 6.10 Å². The van der Waals surface area contributed by atoms with Crippen molar-refractivity contribution in [1.82, 2.24) is 14.9 Å². The highest BCUT2D eigenvalue weighted by molar-refractivity contribution is 6.06. The van der Waals surface area contributed by atoms with Gasteiger partial charge in [-0.25, -0.2) is 4.39 Å². The van der Waals surface area contributed by atoms with E-state index in [4.69, 9.17) is 0 Å². The molecule has 1 aliphatic heterocycles. The lowest BCUT2D eigenvalue weighted by atomic mass is 9.89. The number of aryl methyl sites for hydroxylation is 1. The number of aromatic nitrogens is 2. The molecule has 0 saturated carbocycles. The fourth-order valence-corrected chi connectivity index (χ4v) is 3.89. The van der Waals surface area contributed by atoms with Crippen molar-refractivity contribution in [3.8, 4) is 0 Å². The van der Waals surface area contributed by atoms with Crippen LogP contribution in [0.4, 0.5) is 4.39 Å². The molecular weight excluding hydrogens is 357 g/mol. The highest BCUT2D eigenvalue weighted by Gasteiger charge is 2.30. The first kappa shape index (κ1) is 18.5. The number of halogens is 1. The van der Waals surface area contributed by atoms with E-state index >= 15 is 0 Å². The van der Waals surface area contributed by atoms with Gasteiger partial charge in [0, 0.05) is 36.4 Å². The fourth-order valence-electron chi connectivity index (χ4n) is 3.89. The number of hydrogen-bond donors (Lipinski definition) is 1. The Bertz CT molecular complexity index is 996. The first-order valence-corrected chi connectivity index (χ1v) is 9.48. The fraction of sp³-hybridized carbons (Fsp3) is 0.318. The predicted octanol–water partition coefficient (Wildman–Crippen LogP) is 3.66. The second kappa shape index (κ2) is 7.64. The summed E-state index contributed by atoms with van der Waals surface area (Å²) < 4.78 is 13.6. The van der Waals surface area contributed by atoms with E-state index in [1.807, 2.05) is 18.2 Å². The van der Waals surface area contributed by atoms with Gasteiger partial charge in [-0.2, -0.15) is 0 Å². The van der Waals surface area contributed by atoms with Crippen molar-refractivity contribution in [2.24, 2.45) is 5.92 Å². The summed E-state index contributed by atoms with van der Waals surface area (Å²) in [6.07, 6.45) is 2.47. The highest BCUT2D eigenvalue weighted by atomic mass is 19.1. The van der Waals surface area contributed by atoms with Crippen LogP contribution in [0.2, 0.25) is 0 Å². The van der Waals surface area contributed by atoms with Gasteiger partial charge in [-0.3, -0.25) is 14.8 Å². The molecule has 144 valence electrons. The number of carbonyl (C=O) groups is 1. The second-order valence-electron chi connectivity index (χ2n) is 7.30. The second-order valence-corrected chi connectivity index (χ2v) is 7.30. The van der Waals surface area contributed by atoms with E-state index in [-0.39, 0.29) is 17.6 Å². The van der Waals surface area contributed by atoms with Gasteiger partial charge in [0.2, 0.25) is 0 Å². The molecule has 0 radical (unpaired) electrons. The van der Waals surface area contributed by atoms with Crippen molar-refractivity contribution in [1.29, 1.82) is 0 Å². The first-order chi connectivity index (χ1) is 13.5. The predicted molar refractivity (Wildman–Crippen MR) is 104 cm³/mol. The number of hydrogen-bond acceptors (Lipinski definition) is 4. The van der Waals surface area contributed by atoms with Crippen molar-refractivity contribution < 1.29 is 14.3 Å². The number of rotatable bonds is 3. The molecule has 1 N–H and O–H groups in total. The molecule has 0 spiro atoms. The molecule has 5 nitrogen and oxygen atoms in total. The number of nitrogens with zero attached hydrogens (tertiary/aromatic N) is 3. The molecule has 4 rings (SSSR count). The van der Waals surface area contributed by atoms with Crippen molar-refractivity contribution in [3.63, 3.8) is 0 Å². The van der Waals surface area contributed by atoms with Crippen molar-refractivity contribution in [3.05, 3.63) is 71.4 Å². The minimum Gasteiger partial charge on any atom is -0.387 e. The van der Waals surface area contributed by atoms with Crippen LogP contribution in [0, 0.1) is 18.7 Å². The molecule has 6 heteroatoms. The van der Waals surface area contributed by atoms with E-state index in [0.29, 0.717) is 53.8 Å². The van der Waals surface area contributed by atoms with E-state index in [1.54, 1.807) is 30.2 Å². The molecule has 3 aromatic rings. The van der Waals surface area contributed by atoms with Gasteiger partial charge in [-0.1, -0.05) is 6.07 Å². The Morgan fingerprint density at radius 3 is 2.71 bits per heavy atom. The van der Waals surface area contributed by atoms with Gasteiger partial charge in [-0.05, 0) is 56.0 Å². The molecule has 1 saturated heterocycles. The zero-order valence-corrected chi connectivity index (χ0v) is 15.7. The number of benzene rings is 1. The van der Waals surface area contributed by atoms with E-state index in [2.05, 4.69) is 9.97 Å². The van der Waals surface area contributed by atoms with Crippen LogP contribution in [-0.2, 0) is 0 Å². The number of carbonyl (C=O) groups excluding carboxylic acids is 1. The molecule has 1 aromatic carbocycles. The Morgan fingerprint density at radius 1 is 1.21 bits per heavy atom. The average Bonchev–Trinajstić information content (AvgIpc) is 2.72. The Hall–Kier alpha value is -2.86. The van der Waals surface area contributed by atoms with E-state index in [1.165, 1.54) is 12.1 Å². The average molecular weight is 379 g/mol. The maximum atomic E-state index is 13.6. The smallest absolute Gasteiger partial charge is 0.254 e. The number of piperidine rings is 1. The third-order valence-corrected chi connectivity index (χ3v) is 5.39. The van der Waals surface area contributed by atoms with Gasteiger partial charge in [0.15, 0.2) is 0 Å². The summed E-state index contributed by atoms with van der Waals surface area (Å²) in [5, 5.41) is 11.2. The number of fused-ring (bicyclic) bond motifs is 1. The summed E-state index contributed by atoms with van der Waals surface area (Å²) in [5.41, 5.74) is 2.39. The molecule has 0 aliphatic carbocycles. The molecule has 1 aliphatic rings. The van der Waals surface area contributed by atoms with Crippen LogP contribution in [-0.4, -0.2) is 39.0 Å². The molecule has 2 aromatic heterocycles. The molecule has 0 bridgehead atoms. The largest absolute Gasteiger partial charge is 0.387 e. The van der Waals surface area contributed by atoms with Crippen molar-refractivity contribution in [2.75, 3.05) is 13.1 Å². The third kappa shape index (κ3) is 3.60. The van der Waals surface area contributed by atoms with Crippen LogP contribution in [0.5, 0.6) is 0 Å². The molecule has 1 amide bonds. The quantitative estimate of drug-likeness (QED) is 0.754.